The Morgan fingerprint density at radius 1 is 1.05 bits per heavy atom. The molecule has 104 valence electrons. The molecule has 1 aromatic heterocycles. The molecule has 1 heterocycles. The van der Waals surface area contributed by atoms with E-state index in [-0.39, 0.29) is 11.4 Å². The highest BCUT2D eigenvalue weighted by atomic mass is 16.5. The number of benzene rings is 2. The number of rotatable bonds is 3. The summed E-state index contributed by atoms with van der Waals surface area (Å²) in [6.45, 7) is 1.79. The largest absolute Gasteiger partial charge is 0.477 e. The van der Waals surface area contributed by atoms with Crippen LogP contribution in [0, 0.1) is 6.92 Å². The lowest BCUT2D eigenvalue weighted by atomic mass is 10.1. The van der Waals surface area contributed by atoms with E-state index in [1.165, 1.54) is 6.07 Å². The first-order valence-electron chi connectivity index (χ1n) is 6.52. The number of aromatic nitrogens is 1. The van der Waals surface area contributed by atoms with Gasteiger partial charge in [-0.2, -0.15) is 0 Å². The minimum atomic E-state index is -1.06. The maximum Gasteiger partial charge on any atom is 0.341 e. The molecule has 0 aliphatic heterocycles. The quantitative estimate of drug-likeness (QED) is 0.786. The topological polar surface area (TPSA) is 59.4 Å². The van der Waals surface area contributed by atoms with Gasteiger partial charge >= 0.3 is 5.97 Å². The molecule has 2 aromatic carbocycles. The Kier molecular flexibility index (Phi) is 3.28. The fraction of sp³-hybridized carbons (Fsp3) is 0.0588. The average Bonchev–Trinajstić information content (AvgIpc) is 2.47. The molecular weight excluding hydrogens is 266 g/mol. The van der Waals surface area contributed by atoms with E-state index >= 15 is 0 Å². The first kappa shape index (κ1) is 13.1. The fourth-order valence-electron chi connectivity index (χ4n) is 2.16. The van der Waals surface area contributed by atoms with Gasteiger partial charge in [-0.3, -0.25) is 0 Å². The lowest BCUT2D eigenvalue weighted by Crippen LogP contribution is -2.03. The standard InChI is InChI=1S/C17H13NO3/c1-11-9-10-14(17(19)20)16(18-11)21-15-8-4-6-12-5-2-3-7-13(12)15/h2-10H,1H3,(H,19,20). The van der Waals surface area contributed by atoms with Gasteiger partial charge in [0.05, 0.1) is 0 Å². The molecule has 0 saturated heterocycles. The van der Waals surface area contributed by atoms with Crippen LogP contribution < -0.4 is 4.74 Å². The van der Waals surface area contributed by atoms with E-state index in [1.54, 1.807) is 19.1 Å². The Bertz CT molecular complexity index is 822. The molecule has 0 bridgehead atoms. The maximum atomic E-state index is 11.3. The molecule has 21 heavy (non-hydrogen) atoms. The fourth-order valence-corrected chi connectivity index (χ4v) is 2.16. The van der Waals surface area contributed by atoms with Crippen molar-refractivity contribution in [3.63, 3.8) is 0 Å². The summed E-state index contributed by atoms with van der Waals surface area (Å²) in [5, 5.41) is 11.2. The van der Waals surface area contributed by atoms with Gasteiger partial charge in [-0.05, 0) is 30.5 Å². The van der Waals surface area contributed by atoms with Crippen molar-refractivity contribution in [3.05, 3.63) is 65.9 Å². The predicted octanol–water partition coefficient (Wildman–Crippen LogP) is 4.03. The molecule has 0 amide bonds. The summed E-state index contributed by atoms with van der Waals surface area (Å²) in [7, 11) is 0. The first-order chi connectivity index (χ1) is 10.1. The molecule has 0 aliphatic rings. The van der Waals surface area contributed by atoms with E-state index in [2.05, 4.69) is 4.98 Å². The van der Waals surface area contributed by atoms with Crippen LogP contribution in [0.3, 0.4) is 0 Å². The Balaban J connectivity index is 2.11. The van der Waals surface area contributed by atoms with E-state index in [0.717, 1.165) is 10.8 Å². The number of hydrogen-bond acceptors (Lipinski definition) is 3. The van der Waals surface area contributed by atoms with Crippen LogP contribution in [-0.4, -0.2) is 16.1 Å². The van der Waals surface area contributed by atoms with Crippen molar-refractivity contribution in [2.45, 2.75) is 6.92 Å². The van der Waals surface area contributed by atoms with E-state index in [1.807, 2.05) is 36.4 Å². The predicted molar refractivity (Wildman–Crippen MR) is 80.0 cm³/mol. The van der Waals surface area contributed by atoms with Gasteiger partial charge in [0.1, 0.15) is 11.3 Å². The molecule has 3 rings (SSSR count). The van der Waals surface area contributed by atoms with Gasteiger partial charge in [0, 0.05) is 11.1 Å². The van der Waals surface area contributed by atoms with Crippen LogP contribution in [0.25, 0.3) is 10.8 Å². The van der Waals surface area contributed by atoms with Gasteiger partial charge in [-0.1, -0.05) is 36.4 Å². The van der Waals surface area contributed by atoms with Crippen molar-refractivity contribution in [1.29, 1.82) is 0 Å². The number of pyridine rings is 1. The highest BCUT2D eigenvalue weighted by Crippen LogP contribution is 2.30. The molecule has 0 aliphatic carbocycles. The Morgan fingerprint density at radius 2 is 1.81 bits per heavy atom. The monoisotopic (exact) mass is 279 g/mol. The second-order valence-electron chi connectivity index (χ2n) is 4.69. The van der Waals surface area contributed by atoms with Gasteiger partial charge < -0.3 is 9.84 Å². The lowest BCUT2D eigenvalue weighted by Gasteiger charge is -2.10. The highest BCUT2D eigenvalue weighted by molar-refractivity contribution is 5.91. The molecule has 0 saturated carbocycles. The normalized spacial score (nSPS) is 10.5. The number of ether oxygens (including phenoxy) is 1. The van der Waals surface area contributed by atoms with Crippen LogP contribution in [0.1, 0.15) is 16.1 Å². The number of nitrogens with zero attached hydrogens (tertiary/aromatic N) is 1. The average molecular weight is 279 g/mol. The smallest absolute Gasteiger partial charge is 0.341 e. The second kappa shape index (κ2) is 5.25. The van der Waals surface area contributed by atoms with Gasteiger partial charge in [-0.25, -0.2) is 9.78 Å². The number of aromatic carboxylic acids is 1. The summed E-state index contributed by atoms with van der Waals surface area (Å²) in [5.74, 6) is -0.356. The molecule has 0 atom stereocenters. The molecular formula is C17H13NO3. The summed E-state index contributed by atoms with van der Waals surface area (Å²) in [6.07, 6.45) is 0. The van der Waals surface area contributed by atoms with Gasteiger partial charge in [0.2, 0.25) is 5.88 Å². The summed E-state index contributed by atoms with van der Waals surface area (Å²) in [4.78, 5) is 15.5. The van der Waals surface area contributed by atoms with Crippen molar-refractivity contribution >= 4 is 16.7 Å². The van der Waals surface area contributed by atoms with Gasteiger partial charge in [-0.15, -0.1) is 0 Å². The molecule has 0 fully saturated rings. The molecule has 1 N–H and O–H groups in total. The third-order valence-corrected chi connectivity index (χ3v) is 3.19. The van der Waals surface area contributed by atoms with E-state index < -0.39 is 5.97 Å². The van der Waals surface area contributed by atoms with Crippen LogP contribution in [0.15, 0.2) is 54.6 Å². The van der Waals surface area contributed by atoms with Crippen molar-refractivity contribution < 1.29 is 14.6 Å². The van der Waals surface area contributed by atoms with E-state index in [9.17, 15) is 9.90 Å². The first-order valence-corrected chi connectivity index (χ1v) is 6.52. The van der Waals surface area contributed by atoms with E-state index in [0.29, 0.717) is 11.4 Å². The summed E-state index contributed by atoms with van der Waals surface area (Å²) >= 11 is 0. The number of aryl methyl sites for hydroxylation is 1. The van der Waals surface area contributed by atoms with Crippen LogP contribution >= 0.6 is 0 Å². The maximum absolute atomic E-state index is 11.3. The Labute approximate surface area is 121 Å². The highest BCUT2D eigenvalue weighted by Gasteiger charge is 2.14. The van der Waals surface area contributed by atoms with Crippen LogP contribution in [0.5, 0.6) is 11.6 Å². The zero-order valence-electron chi connectivity index (χ0n) is 11.4. The second-order valence-corrected chi connectivity index (χ2v) is 4.69. The molecule has 0 unspecified atom stereocenters. The number of fused-ring (bicyclic) bond motifs is 1. The van der Waals surface area contributed by atoms with Crippen molar-refractivity contribution in [2.75, 3.05) is 0 Å². The molecule has 3 aromatic rings. The zero-order chi connectivity index (χ0) is 14.8. The molecule has 0 spiro atoms. The molecule has 0 radical (unpaired) electrons. The molecule has 4 heteroatoms. The molecule has 4 nitrogen and oxygen atoms in total. The van der Waals surface area contributed by atoms with Crippen LogP contribution in [-0.2, 0) is 0 Å². The number of carbonyl (C=O) groups is 1. The van der Waals surface area contributed by atoms with Crippen molar-refractivity contribution in [3.8, 4) is 11.6 Å². The zero-order valence-corrected chi connectivity index (χ0v) is 11.4. The number of hydrogen-bond donors (Lipinski definition) is 1. The minimum Gasteiger partial charge on any atom is -0.477 e. The SMILES string of the molecule is Cc1ccc(C(=O)O)c(Oc2cccc3ccccc23)n1. The summed E-state index contributed by atoms with van der Waals surface area (Å²) < 4.78 is 5.77. The van der Waals surface area contributed by atoms with Crippen molar-refractivity contribution in [1.82, 2.24) is 4.98 Å². The third kappa shape index (κ3) is 2.56. The Hall–Kier alpha value is -2.88. The number of carboxylic acids is 1. The van der Waals surface area contributed by atoms with E-state index in [4.69, 9.17) is 4.74 Å². The minimum absolute atomic E-state index is 0.0496. The third-order valence-electron chi connectivity index (χ3n) is 3.19. The van der Waals surface area contributed by atoms with Crippen LogP contribution in [0.2, 0.25) is 0 Å². The lowest BCUT2D eigenvalue weighted by molar-refractivity contribution is 0.0693. The summed E-state index contributed by atoms with van der Waals surface area (Å²) in [5.41, 5.74) is 0.753. The van der Waals surface area contributed by atoms with Gasteiger partial charge in [0.15, 0.2) is 0 Å². The van der Waals surface area contributed by atoms with Crippen molar-refractivity contribution in [2.24, 2.45) is 0 Å². The summed E-state index contributed by atoms with van der Waals surface area (Å²) in [6, 6.07) is 16.6. The number of carboxylic acid groups (broad SMARTS) is 1. The Morgan fingerprint density at radius 3 is 2.62 bits per heavy atom. The van der Waals surface area contributed by atoms with Gasteiger partial charge in [0.25, 0.3) is 0 Å². The van der Waals surface area contributed by atoms with Crippen LogP contribution in [0.4, 0.5) is 0 Å².